The van der Waals surface area contributed by atoms with Gasteiger partial charge in [-0.15, -0.1) is 10.2 Å². The van der Waals surface area contributed by atoms with E-state index in [0.29, 0.717) is 36.2 Å². The molecule has 1 N–H and O–H groups in total. The standard InChI is InChI=1S/C27H30N6O6/c1-18-7-12-23(39-18)26-29-31-33(30-26)17-24(34)32(16-19-8-10-20(36-2)11-9-19)25(22-6-4-14-38-22)27(35)28-15-21-5-3-13-37-21/h4,6-12,14,21,25H,3,5,13,15-17H2,1-2H3,(H,28,35)/t21-,25+/m1/s1. The number of furan rings is 2. The van der Waals surface area contributed by atoms with Crippen molar-refractivity contribution < 1.29 is 27.9 Å². The molecule has 0 aliphatic carbocycles. The predicted octanol–water partition coefficient (Wildman–Crippen LogP) is 2.91. The van der Waals surface area contributed by atoms with E-state index in [1.807, 2.05) is 19.1 Å². The summed E-state index contributed by atoms with van der Waals surface area (Å²) in [6.45, 7) is 2.71. The smallest absolute Gasteiger partial charge is 0.250 e. The molecule has 204 valence electrons. The lowest BCUT2D eigenvalue weighted by Gasteiger charge is -2.30. The van der Waals surface area contributed by atoms with Crippen LogP contribution in [0.3, 0.4) is 0 Å². The van der Waals surface area contributed by atoms with Gasteiger partial charge in [-0.25, -0.2) is 0 Å². The fourth-order valence-electron chi connectivity index (χ4n) is 4.41. The first-order valence-corrected chi connectivity index (χ1v) is 12.7. The first-order chi connectivity index (χ1) is 19.0. The summed E-state index contributed by atoms with van der Waals surface area (Å²) in [5.41, 5.74) is 0.797. The second kappa shape index (κ2) is 11.9. The number of nitrogens with one attached hydrogen (secondary N) is 1. The van der Waals surface area contributed by atoms with Gasteiger partial charge in [0.15, 0.2) is 11.8 Å². The zero-order valence-electron chi connectivity index (χ0n) is 21.8. The fraction of sp³-hybridized carbons (Fsp3) is 0.370. The summed E-state index contributed by atoms with van der Waals surface area (Å²) in [4.78, 5) is 30.0. The lowest BCUT2D eigenvalue weighted by atomic mass is 10.1. The first-order valence-electron chi connectivity index (χ1n) is 12.7. The number of hydrogen-bond donors (Lipinski definition) is 1. The maximum atomic E-state index is 13.8. The Bertz CT molecular complexity index is 1370. The minimum absolute atomic E-state index is 0.0556. The molecule has 1 fully saturated rings. The second-order valence-corrected chi connectivity index (χ2v) is 9.22. The van der Waals surface area contributed by atoms with Crippen LogP contribution in [0.1, 0.15) is 36.0 Å². The van der Waals surface area contributed by atoms with E-state index in [9.17, 15) is 9.59 Å². The molecule has 12 heteroatoms. The molecule has 12 nitrogen and oxygen atoms in total. The molecule has 1 aliphatic rings. The van der Waals surface area contributed by atoms with E-state index in [0.717, 1.165) is 18.4 Å². The second-order valence-electron chi connectivity index (χ2n) is 9.22. The molecule has 0 unspecified atom stereocenters. The first kappa shape index (κ1) is 26.2. The number of methoxy groups -OCH3 is 1. The van der Waals surface area contributed by atoms with Gasteiger partial charge in [0.2, 0.25) is 11.7 Å². The van der Waals surface area contributed by atoms with E-state index in [1.54, 1.807) is 43.5 Å². The summed E-state index contributed by atoms with van der Waals surface area (Å²) in [6, 6.07) is 13.1. The van der Waals surface area contributed by atoms with Crippen LogP contribution in [0.15, 0.2) is 63.6 Å². The Balaban J connectivity index is 1.41. The molecule has 1 aromatic carbocycles. The fourth-order valence-corrected chi connectivity index (χ4v) is 4.41. The quantitative estimate of drug-likeness (QED) is 0.308. The average Bonchev–Trinajstić information content (AvgIpc) is 3.76. The largest absolute Gasteiger partial charge is 0.497 e. The van der Waals surface area contributed by atoms with Crippen molar-refractivity contribution >= 4 is 11.8 Å². The SMILES string of the molecule is COc1ccc(CN(C(=O)Cn2nnc(-c3ccc(C)o3)n2)[C@H](C(=O)NC[C@H]2CCCO2)c2ccco2)cc1. The number of carbonyl (C=O) groups excluding carboxylic acids is 2. The Labute approximate surface area is 224 Å². The Morgan fingerprint density at radius 2 is 2.05 bits per heavy atom. The van der Waals surface area contributed by atoms with Crippen molar-refractivity contribution in [3.63, 3.8) is 0 Å². The van der Waals surface area contributed by atoms with E-state index >= 15 is 0 Å². The lowest BCUT2D eigenvalue weighted by Crippen LogP contribution is -2.46. The minimum Gasteiger partial charge on any atom is -0.497 e. The van der Waals surface area contributed by atoms with Gasteiger partial charge in [-0.2, -0.15) is 4.80 Å². The number of aryl methyl sites for hydroxylation is 1. The number of rotatable bonds is 11. The van der Waals surface area contributed by atoms with E-state index in [4.69, 9.17) is 18.3 Å². The lowest BCUT2D eigenvalue weighted by molar-refractivity contribution is -0.143. The molecule has 2 amide bonds. The van der Waals surface area contributed by atoms with Gasteiger partial charge in [-0.1, -0.05) is 12.1 Å². The van der Waals surface area contributed by atoms with Crippen LogP contribution in [0.2, 0.25) is 0 Å². The molecule has 0 saturated carbocycles. The number of ether oxygens (including phenoxy) is 2. The maximum absolute atomic E-state index is 13.8. The van der Waals surface area contributed by atoms with Crippen molar-refractivity contribution in [3.8, 4) is 17.3 Å². The van der Waals surface area contributed by atoms with Crippen LogP contribution in [0.4, 0.5) is 0 Å². The maximum Gasteiger partial charge on any atom is 0.250 e. The monoisotopic (exact) mass is 534 g/mol. The number of hydrogen-bond acceptors (Lipinski definition) is 9. The normalized spacial score (nSPS) is 15.7. The topological polar surface area (TPSA) is 138 Å². The highest BCUT2D eigenvalue weighted by Gasteiger charge is 2.34. The van der Waals surface area contributed by atoms with E-state index in [2.05, 4.69) is 20.7 Å². The summed E-state index contributed by atoms with van der Waals surface area (Å²) >= 11 is 0. The molecule has 1 saturated heterocycles. The molecule has 39 heavy (non-hydrogen) atoms. The third-order valence-electron chi connectivity index (χ3n) is 6.42. The number of carbonyl (C=O) groups is 2. The minimum atomic E-state index is -1.04. The molecule has 3 aromatic heterocycles. The van der Waals surface area contributed by atoms with Gasteiger partial charge >= 0.3 is 0 Å². The van der Waals surface area contributed by atoms with Crippen molar-refractivity contribution in [2.24, 2.45) is 0 Å². The number of tetrazole rings is 1. The van der Waals surface area contributed by atoms with E-state index in [1.165, 1.54) is 16.0 Å². The van der Waals surface area contributed by atoms with Crippen molar-refractivity contribution in [2.45, 2.75) is 45.0 Å². The van der Waals surface area contributed by atoms with Crippen LogP contribution in [0.5, 0.6) is 5.75 Å². The van der Waals surface area contributed by atoms with Crippen molar-refractivity contribution in [3.05, 3.63) is 71.9 Å². The highest BCUT2D eigenvalue weighted by Crippen LogP contribution is 2.26. The molecule has 0 spiro atoms. The Kier molecular flexibility index (Phi) is 8.02. The zero-order valence-corrected chi connectivity index (χ0v) is 21.8. The Morgan fingerprint density at radius 3 is 2.72 bits per heavy atom. The summed E-state index contributed by atoms with van der Waals surface area (Å²) in [7, 11) is 1.58. The molecule has 1 aliphatic heterocycles. The van der Waals surface area contributed by atoms with Gasteiger partial charge in [0, 0.05) is 19.7 Å². The summed E-state index contributed by atoms with van der Waals surface area (Å²) in [5.74, 6) is 1.65. The van der Waals surface area contributed by atoms with Crippen LogP contribution >= 0.6 is 0 Å². The van der Waals surface area contributed by atoms with E-state index < -0.39 is 11.9 Å². The number of nitrogens with zero attached hydrogens (tertiary/aromatic N) is 5. The van der Waals surface area contributed by atoms with Crippen LogP contribution in [-0.4, -0.2) is 63.3 Å². The molecular weight excluding hydrogens is 504 g/mol. The third-order valence-corrected chi connectivity index (χ3v) is 6.42. The summed E-state index contributed by atoms with van der Waals surface area (Å²) in [6.07, 6.45) is 3.24. The van der Waals surface area contributed by atoms with Crippen molar-refractivity contribution in [1.29, 1.82) is 0 Å². The van der Waals surface area contributed by atoms with Crippen molar-refractivity contribution in [2.75, 3.05) is 20.3 Å². The molecule has 4 aromatic rings. The average molecular weight is 535 g/mol. The van der Waals surface area contributed by atoms with Crippen LogP contribution < -0.4 is 10.1 Å². The third kappa shape index (κ3) is 6.34. The predicted molar refractivity (Wildman–Crippen MR) is 137 cm³/mol. The van der Waals surface area contributed by atoms with Crippen molar-refractivity contribution in [1.82, 2.24) is 30.4 Å². The summed E-state index contributed by atoms with van der Waals surface area (Å²) in [5, 5.41) is 15.3. The number of aromatic nitrogens is 4. The molecule has 2 atom stereocenters. The molecule has 5 rings (SSSR count). The van der Waals surface area contributed by atoms with Gasteiger partial charge in [0.1, 0.15) is 23.8 Å². The van der Waals surface area contributed by atoms with Crippen LogP contribution in [-0.2, 0) is 27.4 Å². The number of amides is 2. The van der Waals surface area contributed by atoms with Gasteiger partial charge in [0.25, 0.3) is 5.91 Å². The molecular formula is C27H30N6O6. The van der Waals surface area contributed by atoms with Gasteiger partial charge in [0.05, 0.1) is 19.5 Å². The molecule has 4 heterocycles. The highest BCUT2D eigenvalue weighted by molar-refractivity contribution is 5.88. The Morgan fingerprint density at radius 1 is 1.21 bits per heavy atom. The highest BCUT2D eigenvalue weighted by atomic mass is 16.5. The number of benzene rings is 1. The molecule has 0 radical (unpaired) electrons. The van der Waals surface area contributed by atoms with Crippen LogP contribution in [0, 0.1) is 6.92 Å². The summed E-state index contributed by atoms with van der Waals surface area (Å²) < 4.78 is 22.1. The van der Waals surface area contributed by atoms with Gasteiger partial charge in [-0.05, 0) is 66.9 Å². The van der Waals surface area contributed by atoms with Gasteiger partial charge in [-0.3, -0.25) is 9.59 Å². The van der Waals surface area contributed by atoms with E-state index in [-0.39, 0.29) is 30.9 Å². The van der Waals surface area contributed by atoms with Crippen LogP contribution in [0.25, 0.3) is 11.6 Å². The van der Waals surface area contributed by atoms with Gasteiger partial charge < -0.3 is 28.5 Å². The molecule has 0 bridgehead atoms. The zero-order chi connectivity index (χ0) is 27.2. The Hall–Kier alpha value is -4.45.